The van der Waals surface area contributed by atoms with Gasteiger partial charge in [-0.05, 0) is 0 Å². The lowest BCUT2D eigenvalue weighted by molar-refractivity contribution is -0.136. The maximum absolute atomic E-state index is 11.9. The van der Waals surface area contributed by atoms with Gasteiger partial charge in [-0.15, -0.1) is 0 Å². The Morgan fingerprint density at radius 1 is 1.38 bits per heavy atom. The van der Waals surface area contributed by atoms with Gasteiger partial charge in [-0.2, -0.15) is 0 Å². The Balaban J connectivity index is 0.00000400. The van der Waals surface area contributed by atoms with Gasteiger partial charge in [0.15, 0.2) is 0 Å². The highest BCUT2D eigenvalue weighted by molar-refractivity contribution is 5.77. The Bertz CT molecular complexity index is 369. The third-order valence-electron chi connectivity index (χ3n) is 3.26. The van der Waals surface area contributed by atoms with Gasteiger partial charge in [0, 0.05) is 38.5 Å². The van der Waals surface area contributed by atoms with E-state index in [4.69, 9.17) is 4.74 Å². The van der Waals surface area contributed by atoms with Gasteiger partial charge in [-0.1, -0.05) is 47.0 Å². The average Bonchev–Trinajstić information content (AvgIpc) is 2.37. The van der Waals surface area contributed by atoms with E-state index in [-0.39, 0.29) is 25.4 Å². The fourth-order valence-corrected chi connectivity index (χ4v) is 2.23. The molecule has 0 aromatic heterocycles. The van der Waals surface area contributed by atoms with Crippen LogP contribution in [0.3, 0.4) is 0 Å². The van der Waals surface area contributed by atoms with E-state index in [0.29, 0.717) is 12.5 Å². The van der Waals surface area contributed by atoms with Crippen LogP contribution in [0.15, 0.2) is 0 Å². The molecule has 0 unspecified atom stereocenters. The van der Waals surface area contributed by atoms with Crippen LogP contribution in [0.5, 0.6) is 0 Å². The fraction of sp³-hybridized carbons (Fsp3) is 0.824. The number of hydrogen-bond acceptors (Lipinski definition) is 3. The molecule has 1 saturated heterocycles. The number of carbonyl (C=O) groups excluding carboxylic acids is 1. The van der Waals surface area contributed by atoms with Crippen molar-refractivity contribution >= 4 is 5.91 Å². The van der Waals surface area contributed by atoms with Crippen molar-refractivity contribution in [2.45, 2.75) is 41.2 Å². The van der Waals surface area contributed by atoms with Crippen molar-refractivity contribution in [1.82, 2.24) is 9.80 Å². The quantitative estimate of drug-likeness (QED) is 0.745. The van der Waals surface area contributed by atoms with Gasteiger partial charge >= 0.3 is 0 Å². The van der Waals surface area contributed by atoms with Gasteiger partial charge in [0.2, 0.25) is 5.91 Å². The summed E-state index contributed by atoms with van der Waals surface area (Å²) in [7, 11) is 1.85. The lowest BCUT2D eigenvalue weighted by Gasteiger charge is -2.34. The predicted octanol–water partition coefficient (Wildman–Crippen LogP) is 2.10. The van der Waals surface area contributed by atoms with Crippen molar-refractivity contribution in [2.24, 2.45) is 11.8 Å². The molecule has 21 heavy (non-hydrogen) atoms. The van der Waals surface area contributed by atoms with Crippen LogP contribution in [0.25, 0.3) is 0 Å². The normalized spacial score (nSPS) is 18.9. The zero-order valence-electron chi connectivity index (χ0n) is 13.5. The summed E-state index contributed by atoms with van der Waals surface area (Å²) in [6.45, 7) is 12.0. The standard InChI is InChI=1S/C16H28N2O2.CH4/c1-13(2)7-6-8-18-9-10-20-15(12-18)11-17(5)16(19)14(3)4;/h13-15H,8-12H2,1-5H3;1H4/t15-;/m0./s1. The second kappa shape index (κ2) is 9.81. The topological polar surface area (TPSA) is 32.8 Å². The fourth-order valence-electron chi connectivity index (χ4n) is 2.23. The number of ether oxygens (including phenoxy) is 1. The first-order chi connectivity index (χ1) is 9.40. The summed E-state index contributed by atoms with van der Waals surface area (Å²) in [6, 6.07) is 0. The van der Waals surface area contributed by atoms with E-state index in [2.05, 4.69) is 30.6 Å². The first-order valence-corrected chi connectivity index (χ1v) is 7.47. The smallest absolute Gasteiger partial charge is 0.224 e. The number of likely N-dealkylation sites (N-methyl/N-ethyl adjacent to an activating group) is 1. The minimum Gasteiger partial charge on any atom is -0.374 e. The number of carbonyl (C=O) groups is 1. The zero-order valence-corrected chi connectivity index (χ0v) is 13.5. The molecular formula is C17H32N2O2. The van der Waals surface area contributed by atoms with Crippen LogP contribution in [0.1, 0.15) is 35.1 Å². The van der Waals surface area contributed by atoms with E-state index in [1.165, 1.54) is 0 Å². The molecule has 0 aromatic carbocycles. The highest BCUT2D eigenvalue weighted by atomic mass is 16.5. The molecule has 1 heterocycles. The lowest BCUT2D eigenvalue weighted by Crippen LogP contribution is -2.48. The van der Waals surface area contributed by atoms with E-state index < -0.39 is 0 Å². The van der Waals surface area contributed by atoms with E-state index in [1.54, 1.807) is 4.90 Å². The Hall–Kier alpha value is -1.05. The molecular weight excluding hydrogens is 264 g/mol. The minimum atomic E-state index is 0. The first kappa shape index (κ1) is 19.9. The van der Waals surface area contributed by atoms with Crippen molar-refractivity contribution in [3.05, 3.63) is 0 Å². The Kier molecular flexibility index (Phi) is 9.32. The first-order valence-electron chi connectivity index (χ1n) is 7.47. The Morgan fingerprint density at radius 2 is 2.05 bits per heavy atom. The van der Waals surface area contributed by atoms with Gasteiger partial charge in [0.1, 0.15) is 0 Å². The maximum Gasteiger partial charge on any atom is 0.224 e. The van der Waals surface area contributed by atoms with Gasteiger partial charge in [0.25, 0.3) is 0 Å². The summed E-state index contributed by atoms with van der Waals surface area (Å²) in [5.74, 6) is 7.02. The highest BCUT2D eigenvalue weighted by Crippen LogP contribution is 2.08. The second-order valence-electron chi connectivity index (χ2n) is 6.08. The summed E-state index contributed by atoms with van der Waals surface area (Å²) in [6.07, 6.45) is 0.0947. The van der Waals surface area contributed by atoms with Crippen molar-refractivity contribution in [2.75, 3.05) is 39.8 Å². The molecule has 4 heteroatoms. The van der Waals surface area contributed by atoms with Crippen LogP contribution >= 0.6 is 0 Å². The lowest BCUT2D eigenvalue weighted by atomic mass is 10.2. The predicted molar refractivity (Wildman–Crippen MR) is 88.0 cm³/mol. The summed E-state index contributed by atoms with van der Waals surface area (Å²) in [4.78, 5) is 16.0. The Morgan fingerprint density at radius 3 is 2.62 bits per heavy atom. The van der Waals surface area contributed by atoms with Crippen molar-refractivity contribution in [3.63, 3.8) is 0 Å². The minimum absolute atomic E-state index is 0. The van der Waals surface area contributed by atoms with Crippen LogP contribution in [0, 0.1) is 23.7 Å². The maximum atomic E-state index is 11.9. The molecule has 0 spiro atoms. The second-order valence-corrected chi connectivity index (χ2v) is 6.08. The molecule has 0 N–H and O–H groups in total. The summed E-state index contributed by atoms with van der Waals surface area (Å²) in [5, 5.41) is 0. The van der Waals surface area contributed by atoms with Crippen LogP contribution in [-0.4, -0.2) is 61.6 Å². The molecule has 1 amide bonds. The van der Waals surface area contributed by atoms with Crippen molar-refractivity contribution < 1.29 is 9.53 Å². The van der Waals surface area contributed by atoms with E-state index in [9.17, 15) is 4.79 Å². The molecule has 1 fully saturated rings. The number of rotatable bonds is 4. The molecule has 1 atom stereocenters. The molecule has 0 aliphatic carbocycles. The molecule has 0 radical (unpaired) electrons. The van der Waals surface area contributed by atoms with Crippen LogP contribution in [0.4, 0.5) is 0 Å². The molecule has 0 saturated carbocycles. The summed E-state index contributed by atoms with van der Waals surface area (Å²) < 4.78 is 5.75. The van der Waals surface area contributed by atoms with Gasteiger partial charge in [0.05, 0.1) is 19.3 Å². The SMILES string of the molecule is C.CC(C)C#CCN1CCO[C@@H](CN(C)C(=O)C(C)C)C1. The highest BCUT2D eigenvalue weighted by Gasteiger charge is 2.23. The van der Waals surface area contributed by atoms with Gasteiger partial charge in [-0.25, -0.2) is 0 Å². The van der Waals surface area contributed by atoms with Crippen molar-refractivity contribution in [1.29, 1.82) is 0 Å². The molecule has 122 valence electrons. The van der Waals surface area contributed by atoms with Gasteiger partial charge in [-0.3, -0.25) is 9.69 Å². The zero-order chi connectivity index (χ0) is 15.1. The monoisotopic (exact) mass is 296 g/mol. The van der Waals surface area contributed by atoms with E-state index >= 15 is 0 Å². The molecule has 1 aliphatic heterocycles. The Labute approximate surface area is 130 Å². The molecule has 1 rings (SSSR count). The molecule has 1 aliphatic rings. The average molecular weight is 296 g/mol. The third kappa shape index (κ3) is 7.50. The van der Waals surface area contributed by atoms with Crippen molar-refractivity contribution in [3.8, 4) is 11.8 Å². The third-order valence-corrected chi connectivity index (χ3v) is 3.26. The van der Waals surface area contributed by atoms with Crippen LogP contribution < -0.4 is 0 Å². The van der Waals surface area contributed by atoms with Crippen LogP contribution in [-0.2, 0) is 9.53 Å². The number of morpholine rings is 1. The van der Waals surface area contributed by atoms with Crippen LogP contribution in [0.2, 0.25) is 0 Å². The molecule has 4 nitrogen and oxygen atoms in total. The van der Waals surface area contributed by atoms with E-state index in [0.717, 1.165) is 26.2 Å². The molecule has 0 bridgehead atoms. The summed E-state index contributed by atoms with van der Waals surface area (Å²) in [5.41, 5.74) is 0. The largest absolute Gasteiger partial charge is 0.374 e. The molecule has 0 aromatic rings. The van der Waals surface area contributed by atoms with Gasteiger partial charge < -0.3 is 9.64 Å². The number of hydrogen-bond donors (Lipinski definition) is 0. The number of amides is 1. The summed E-state index contributed by atoms with van der Waals surface area (Å²) >= 11 is 0. The van der Waals surface area contributed by atoms with E-state index in [1.807, 2.05) is 20.9 Å². The number of nitrogens with zero attached hydrogens (tertiary/aromatic N) is 2.